The summed E-state index contributed by atoms with van der Waals surface area (Å²) in [6.07, 6.45) is 2.00. The predicted molar refractivity (Wildman–Crippen MR) is 71.7 cm³/mol. The molecule has 0 bridgehead atoms. The predicted octanol–water partition coefficient (Wildman–Crippen LogP) is 1.74. The van der Waals surface area contributed by atoms with Gasteiger partial charge in [-0.25, -0.2) is 0 Å². The van der Waals surface area contributed by atoms with Crippen LogP contribution in [-0.2, 0) is 4.79 Å². The van der Waals surface area contributed by atoms with Crippen LogP contribution in [0.5, 0.6) is 5.75 Å². The molecule has 0 saturated carbocycles. The van der Waals surface area contributed by atoms with E-state index in [2.05, 4.69) is 5.32 Å². The van der Waals surface area contributed by atoms with Gasteiger partial charge in [0.2, 0.25) is 5.91 Å². The van der Waals surface area contributed by atoms with Crippen molar-refractivity contribution in [1.82, 2.24) is 5.32 Å². The Morgan fingerprint density at radius 3 is 3.00 bits per heavy atom. The van der Waals surface area contributed by atoms with Gasteiger partial charge in [0.25, 0.3) is 0 Å². The number of phenolic OH excluding ortho intramolecular Hbond substituents is 1. The van der Waals surface area contributed by atoms with Gasteiger partial charge in [0.1, 0.15) is 5.75 Å². The maximum Gasteiger partial charge on any atom is 0.231 e. The molecule has 1 saturated heterocycles. The van der Waals surface area contributed by atoms with Gasteiger partial charge in [-0.15, -0.1) is 0 Å². The van der Waals surface area contributed by atoms with Crippen LogP contribution in [0.4, 0.5) is 5.69 Å². The van der Waals surface area contributed by atoms with E-state index >= 15 is 0 Å². The third-order valence-corrected chi connectivity index (χ3v) is 3.37. The molecule has 4 heteroatoms. The number of carbonyl (C=O) groups excluding carboxylic acids is 1. The number of carbonyl (C=O) groups is 1. The number of nitrogens with zero attached hydrogens (tertiary/aromatic N) is 1. The zero-order valence-electron chi connectivity index (χ0n) is 10.7. The van der Waals surface area contributed by atoms with Crippen molar-refractivity contribution in [1.29, 1.82) is 0 Å². The number of anilines is 1. The first-order valence-electron chi connectivity index (χ1n) is 6.53. The summed E-state index contributed by atoms with van der Waals surface area (Å²) in [5, 5.41) is 12.8. The molecule has 0 spiro atoms. The lowest BCUT2D eigenvalue weighted by atomic mass is 9.98. The zero-order chi connectivity index (χ0) is 13.0. The van der Waals surface area contributed by atoms with Crippen LogP contribution in [0.15, 0.2) is 24.3 Å². The normalized spacial score (nSPS) is 19.5. The third-order valence-electron chi connectivity index (χ3n) is 3.37. The van der Waals surface area contributed by atoms with E-state index in [0.717, 1.165) is 31.6 Å². The van der Waals surface area contributed by atoms with Crippen LogP contribution in [0.1, 0.15) is 19.8 Å². The van der Waals surface area contributed by atoms with Crippen LogP contribution in [0.3, 0.4) is 0 Å². The Bertz CT molecular complexity index is 414. The standard InChI is InChI=1S/C14H20N2O2/c1-2-16(12-6-3-7-13(17)9-12)14(18)11-5-4-8-15-10-11/h3,6-7,9,11,15,17H,2,4-5,8,10H2,1H3/t11-/m1/s1. The average molecular weight is 248 g/mol. The van der Waals surface area contributed by atoms with Gasteiger partial charge in [-0.05, 0) is 38.4 Å². The van der Waals surface area contributed by atoms with Crippen molar-refractivity contribution in [2.45, 2.75) is 19.8 Å². The zero-order valence-corrected chi connectivity index (χ0v) is 10.7. The van der Waals surface area contributed by atoms with E-state index in [1.54, 1.807) is 23.1 Å². The number of benzene rings is 1. The molecule has 18 heavy (non-hydrogen) atoms. The summed E-state index contributed by atoms with van der Waals surface area (Å²) >= 11 is 0. The summed E-state index contributed by atoms with van der Waals surface area (Å²) in [5.74, 6) is 0.400. The smallest absolute Gasteiger partial charge is 0.231 e. The minimum Gasteiger partial charge on any atom is -0.508 e. The molecule has 0 aromatic heterocycles. The van der Waals surface area contributed by atoms with Crippen molar-refractivity contribution >= 4 is 11.6 Å². The largest absolute Gasteiger partial charge is 0.508 e. The Morgan fingerprint density at radius 1 is 1.56 bits per heavy atom. The van der Waals surface area contributed by atoms with Crippen molar-refractivity contribution < 1.29 is 9.90 Å². The summed E-state index contributed by atoms with van der Waals surface area (Å²) in [5.41, 5.74) is 0.771. The molecular weight excluding hydrogens is 228 g/mol. The molecule has 1 aromatic carbocycles. The Morgan fingerprint density at radius 2 is 2.39 bits per heavy atom. The maximum absolute atomic E-state index is 12.4. The van der Waals surface area contributed by atoms with Gasteiger partial charge in [0.15, 0.2) is 0 Å². The van der Waals surface area contributed by atoms with Gasteiger partial charge in [-0.3, -0.25) is 4.79 Å². The Kier molecular flexibility index (Phi) is 4.20. The highest BCUT2D eigenvalue weighted by Crippen LogP contribution is 2.23. The Labute approximate surface area is 108 Å². The molecule has 0 radical (unpaired) electrons. The number of aromatic hydroxyl groups is 1. The first kappa shape index (κ1) is 12.9. The van der Waals surface area contributed by atoms with Crippen molar-refractivity contribution in [2.24, 2.45) is 5.92 Å². The van der Waals surface area contributed by atoms with Crippen LogP contribution in [0.25, 0.3) is 0 Å². The van der Waals surface area contributed by atoms with Gasteiger partial charge < -0.3 is 15.3 Å². The van der Waals surface area contributed by atoms with Gasteiger partial charge in [-0.2, -0.15) is 0 Å². The summed E-state index contributed by atoms with van der Waals surface area (Å²) < 4.78 is 0. The lowest BCUT2D eigenvalue weighted by Gasteiger charge is -2.29. The second-order valence-electron chi connectivity index (χ2n) is 4.65. The molecular formula is C14H20N2O2. The topological polar surface area (TPSA) is 52.6 Å². The van der Waals surface area contributed by atoms with E-state index < -0.39 is 0 Å². The van der Waals surface area contributed by atoms with Gasteiger partial charge in [-0.1, -0.05) is 6.07 Å². The molecule has 1 fully saturated rings. The number of phenols is 1. The van der Waals surface area contributed by atoms with E-state index in [-0.39, 0.29) is 17.6 Å². The van der Waals surface area contributed by atoms with Crippen molar-refractivity contribution in [3.63, 3.8) is 0 Å². The molecule has 1 aromatic rings. The van der Waals surface area contributed by atoms with E-state index in [1.165, 1.54) is 0 Å². The van der Waals surface area contributed by atoms with Gasteiger partial charge in [0.05, 0.1) is 5.92 Å². The fourth-order valence-corrected chi connectivity index (χ4v) is 2.41. The Balaban J connectivity index is 2.14. The summed E-state index contributed by atoms with van der Waals surface area (Å²) in [4.78, 5) is 14.2. The van der Waals surface area contributed by atoms with E-state index in [9.17, 15) is 9.90 Å². The van der Waals surface area contributed by atoms with Crippen LogP contribution in [0.2, 0.25) is 0 Å². The number of hydrogen-bond acceptors (Lipinski definition) is 3. The molecule has 1 heterocycles. The lowest BCUT2D eigenvalue weighted by Crippen LogP contribution is -2.43. The van der Waals surface area contributed by atoms with Crippen LogP contribution in [0, 0.1) is 5.92 Å². The van der Waals surface area contributed by atoms with E-state index in [1.807, 2.05) is 13.0 Å². The second-order valence-corrected chi connectivity index (χ2v) is 4.65. The van der Waals surface area contributed by atoms with Crippen molar-refractivity contribution in [2.75, 3.05) is 24.5 Å². The number of rotatable bonds is 3. The molecule has 4 nitrogen and oxygen atoms in total. The first-order valence-corrected chi connectivity index (χ1v) is 6.53. The van der Waals surface area contributed by atoms with E-state index in [0.29, 0.717) is 6.54 Å². The number of piperidine rings is 1. The van der Waals surface area contributed by atoms with Crippen LogP contribution < -0.4 is 10.2 Å². The van der Waals surface area contributed by atoms with E-state index in [4.69, 9.17) is 0 Å². The minimum atomic E-state index is 0.0565. The fourth-order valence-electron chi connectivity index (χ4n) is 2.41. The molecule has 2 N–H and O–H groups in total. The number of hydrogen-bond donors (Lipinski definition) is 2. The minimum absolute atomic E-state index is 0.0565. The van der Waals surface area contributed by atoms with Gasteiger partial charge >= 0.3 is 0 Å². The molecule has 98 valence electrons. The first-order chi connectivity index (χ1) is 8.72. The molecule has 1 amide bonds. The summed E-state index contributed by atoms with van der Waals surface area (Å²) in [6.45, 7) is 4.34. The monoisotopic (exact) mass is 248 g/mol. The highest BCUT2D eigenvalue weighted by atomic mass is 16.3. The molecule has 1 atom stereocenters. The number of nitrogens with one attached hydrogen (secondary N) is 1. The molecule has 2 rings (SSSR count). The average Bonchev–Trinajstić information content (AvgIpc) is 2.40. The summed E-state index contributed by atoms with van der Waals surface area (Å²) in [6, 6.07) is 6.87. The quantitative estimate of drug-likeness (QED) is 0.856. The van der Waals surface area contributed by atoms with Crippen LogP contribution >= 0.6 is 0 Å². The lowest BCUT2D eigenvalue weighted by molar-refractivity contribution is -0.122. The van der Waals surface area contributed by atoms with Gasteiger partial charge in [0, 0.05) is 24.8 Å². The summed E-state index contributed by atoms with van der Waals surface area (Å²) in [7, 11) is 0. The highest BCUT2D eigenvalue weighted by Gasteiger charge is 2.25. The van der Waals surface area contributed by atoms with Crippen molar-refractivity contribution in [3.8, 4) is 5.75 Å². The van der Waals surface area contributed by atoms with Crippen LogP contribution in [-0.4, -0.2) is 30.6 Å². The maximum atomic E-state index is 12.4. The molecule has 1 aliphatic heterocycles. The fraction of sp³-hybridized carbons (Fsp3) is 0.500. The second kappa shape index (κ2) is 5.87. The SMILES string of the molecule is CCN(C(=O)[C@@H]1CCCNC1)c1cccc(O)c1. The molecule has 0 unspecified atom stereocenters. The highest BCUT2D eigenvalue weighted by molar-refractivity contribution is 5.95. The van der Waals surface area contributed by atoms with Crippen molar-refractivity contribution in [3.05, 3.63) is 24.3 Å². The Hall–Kier alpha value is -1.55. The molecule has 0 aliphatic carbocycles. The third kappa shape index (κ3) is 2.82. The number of amides is 1. The molecule has 1 aliphatic rings.